The van der Waals surface area contributed by atoms with Gasteiger partial charge >= 0.3 is 5.97 Å². The van der Waals surface area contributed by atoms with Gasteiger partial charge in [-0.1, -0.05) is 19.1 Å². The summed E-state index contributed by atoms with van der Waals surface area (Å²) < 4.78 is 20.6. The average molecular weight is 464 g/mol. The Morgan fingerprint density at radius 1 is 1.24 bits per heavy atom. The number of piperazine rings is 1. The summed E-state index contributed by atoms with van der Waals surface area (Å²) in [5, 5.41) is 8.17. The van der Waals surface area contributed by atoms with Gasteiger partial charge in [0.2, 0.25) is 0 Å². The lowest BCUT2D eigenvalue weighted by atomic mass is 9.97. The van der Waals surface area contributed by atoms with Crippen LogP contribution >= 0.6 is 0 Å². The van der Waals surface area contributed by atoms with E-state index in [4.69, 9.17) is 9.72 Å². The number of esters is 1. The van der Waals surface area contributed by atoms with Crippen molar-refractivity contribution in [1.82, 2.24) is 29.5 Å². The fourth-order valence-corrected chi connectivity index (χ4v) is 4.85. The van der Waals surface area contributed by atoms with E-state index in [1.165, 1.54) is 19.2 Å². The molecule has 1 aliphatic heterocycles. The van der Waals surface area contributed by atoms with E-state index < -0.39 is 6.04 Å². The number of halogens is 1. The maximum absolute atomic E-state index is 13.6. The number of hydrogen-bond donors (Lipinski definition) is 0. The molecule has 0 amide bonds. The van der Waals surface area contributed by atoms with Crippen LogP contribution in [0.1, 0.15) is 31.9 Å². The van der Waals surface area contributed by atoms with Crippen molar-refractivity contribution in [3.05, 3.63) is 60.3 Å². The molecule has 5 rings (SSSR count). The highest BCUT2D eigenvalue weighted by Crippen LogP contribution is 2.34. The molecule has 1 fully saturated rings. The zero-order valence-electron chi connectivity index (χ0n) is 19.3. The Morgan fingerprint density at radius 3 is 2.76 bits per heavy atom. The first-order valence-electron chi connectivity index (χ1n) is 11.3. The summed E-state index contributed by atoms with van der Waals surface area (Å²) in [5.74, 6) is 0.558. The molecule has 0 bridgehead atoms. The molecule has 3 aromatic heterocycles. The Labute approximate surface area is 196 Å². The summed E-state index contributed by atoms with van der Waals surface area (Å²) in [5.41, 5.74) is 2.37. The number of benzene rings is 1. The van der Waals surface area contributed by atoms with Crippen LogP contribution < -0.4 is 4.90 Å². The largest absolute Gasteiger partial charge is 0.468 e. The van der Waals surface area contributed by atoms with Crippen LogP contribution in [0.4, 0.5) is 10.2 Å². The summed E-state index contributed by atoms with van der Waals surface area (Å²) in [7, 11) is 1.38. The average Bonchev–Trinajstić information content (AvgIpc) is 3.34. The number of hydrogen-bond acceptors (Lipinski definition) is 8. The van der Waals surface area contributed by atoms with Crippen LogP contribution in [0.25, 0.3) is 16.8 Å². The van der Waals surface area contributed by atoms with Gasteiger partial charge in [-0.25, -0.2) is 9.18 Å². The van der Waals surface area contributed by atoms with E-state index in [0.717, 1.165) is 23.3 Å². The number of ether oxygens (including phenoxy) is 1. The number of rotatable bonds is 5. The molecule has 3 atom stereocenters. The molecule has 1 unspecified atom stereocenters. The second-order valence-electron chi connectivity index (χ2n) is 8.54. The highest BCUT2D eigenvalue weighted by molar-refractivity contribution is 5.88. The van der Waals surface area contributed by atoms with Gasteiger partial charge in [0, 0.05) is 31.4 Å². The quantitative estimate of drug-likeness (QED) is 0.418. The minimum absolute atomic E-state index is 0.0125. The summed E-state index contributed by atoms with van der Waals surface area (Å²) in [6, 6.07) is 9.33. The molecule has 0 aliphatic carbocycles. The first-order valence-corrected chi connectivity index (χ1v) is 11.3. The van der Waals surface area contributed by atoms with Crippen molar-refractivity contribution in [3.63, 3.8) is 0 Å². The van der Waals surface area contributed by atoms with E-state index in [2.05, 4.69) is 38.8 Å². The van der Waals surface area contributed by atoms with Crippen molar-refractivity contribution >= 4 is 28.6 Å². The molecule has 0 saturated carbocycles. The van der Waals surface area contributed by atoms with E-state index in [-0.39, 0.29) is 23.9 Å². The van der Waals surface area contributed by atoms with Crippen molar-refractivity contribution in [2.45, 2.75) is 38.4 Å². The number of methoxy groups -OCH3 is 1. The first kappa shape index (κ1) is 22.1. The predicted octanol–water partition coefficient (Wildman–Crippen LogP) is 3.02. The molecule has 4 heterocycles. The van der Waals surface area contributed by atoms with E-state index >= 15 is 0 Å². The van der Waals surface area contributed by atoms with Gasteiger partial charge in [-0.15, -0.1) is 10.2 Å². The lowest BCUT2D eigenvalue weighted by Crippen LogP contribution is -2.59. The smallest absolute Gasteiger partial charge is 0.327 e. The Bertz CT molecular complexity index is 1330. The van der Waals surface area contributed by atoms with Gasteiger partial charge < -0.3 is 9.64 Å². The molecule has 9 nitrogen and oxygen atoms in total. The van der Waals surface area contributed by atoms with Gasteiger partial charge in [0.1, 0.15) is 23.7 Å². The third-order valence-electron chi connectivity index (χ3n) is 6.56. The van der Waals surface area contributed by atoms with Crippen molar-refractivity contribution in [2.75, 3.05) is 25.1 Å². The number of anilines is 1. The second kappa shape index (κ2) is 8.94. The number of fused-ring (bicyclic) bond motifs is 3. The maximum atomic E-state index is 13.6. The molecule has 1 aliphatic rings. The zero-order chi connectivity index (χ0) is 23.8. The fourth-order valence-electron chi connectivity index (χ4n) is 4.85. The van der Waals surface area contributed by atoms with Crippen LogP contribution in [0.5, 0.6) is 0 Å². The zero-order valence-corrected chi connectivity index (χ0v) is 19.3. The second-order valence-corrected chi connectivity index (χ2v) is 8.54. The van der Waals surface area contributed by atoms with E-state index in [1.807, 2.05) is 16.5 Å². The normalized spacial score (nSPS) is 20.1. The summed E-state index contributed by atoms with van der Waals surface area (Å²) in [6.45, 7) is 5.41. The fraction of sp³-hybridized carbons (Fsp3) is 0.375. The van der Waals surface area contributed by atoms with E-state index in [9.17, 15) is 9.18 Å². The molecule has 10 heteroatoms. The minimum Gasteiger partial charge on any atom is -0.468 e. The highest BCUT2D eigenvalue weighted by atomic mass is 19.1. The SMILES string of the molecule is CC[C@@H]1CN(c2nc3nncn3c3cccnc23)[C@@H](C)CN1C(C(=O)OC)c1ccc(F)cc1. The maximum Gasteiger partial charge on any atom is 0.327 e. The van der Waals surface area contributed by atoms with Crippen LogP contribution in [0, 0.1) is 5.82 Å². The Kier molecular flexibility index (Phi) is 5.82. The van der Waals surface area contributed by atoms with Gasteiger partial charge in [-0.3, -0.25) is 14.3 Å². The van der Waals surface area contributed by atoms with Gasteiger partial charge in [-0.2, -0.15) is 4.98 Å². The summed E-state index contributed by atoms with van der Waals surface area (Å²) in [4.78, 5) is 26.7. The lowest BCUT2D eigenvalue weighted by molar-refractivity contribution is -0.149. The van der Waals surface area contributed by atoms with Gasteiger partial charge in [0.25, 0.3) is 5.78 Å². The topological polar surface area (TPSA) is 88.8 Å². The predicted molar refractivity (Wildman–Crippen MR) is 125 cm³/mol. The monoisotopic (exact) mass is 463 g/mol. The third-order valence-corrected chi connectivity index (χ3v) is 6.56. The number of carbonyl (C=O) groups is 1. The molecule has 1 aromatic carbocycles. The molecule has 176 valence electrons. The summed E-state index contributed by atoms with van der Waals surface area (Å²) >= 11 is 0. The standard InChI is InChI=1S/C24H26FN7O2/c1-4-18-13-30(22-20-19(6-5-11-26-20)32-14-27-29-24(32)28-22)15(2)12-31(18)21(23(33)34-3)16-7-9-17(25)10-8-16/h5-11,14-15,18,21H,4,12-13H2,1-3H3/t15-,18+,21?/m0/s1. The minimum atomic E-state index is -0.623. The summed E-state index contributed by atoms with van der Waals surface area (Å²) in [6.07, 6.45) is 4.19. The van der Waals surface area contributed by atoms with Crippen LogP contribution in [-0.4, -0.2) is 67.7 Å². The molecule has 4 aromatic rings. The van der Waals surface area contributed by atoms with Gasteiger partial charge in [-0.05, 0) is 43.2 Å². The number of pyridine rings is 1. The van der Waals surface area contributed by atoms with Crippen molar-refractivity contribution in [3.8, 4) is 0 Å². The number of aromatic nitrogens is 5. The lowest BCUT2D eigenvalue weighted by Gasteiger charge is -2.48. The molecule has 0 N–H and O–H groups in total. The Balaban J connectivity index is 1.54. The Morgan fingerprint density at radius 2 is 2.03 bits per heavy atom. The first-order chi connectivity index (χ1) is 16.5. The van der Waals surface area contributed by atoms with Crippen molar-refractivity contribution in [2.24, 2.45) is 0 Å². The van der Waals surface area contributed by atoms with Crippen LogP contribution in [-0.2, 0) is 9.53 Å². The number of carbonyl (C=O) groups excluding carboxylic acids is 1. The van der Waals surface area contributed by atoms with E-state index in [1.54, 1.807) is 24.7 Å². The molecule has 0 radical (unpaired) electrons. The molecular formula is C24H26FN7O2. The van der Waals surface area contributed by atoms with E-state index in [0.29, 0.717) is 24.4 Å². The highest BCUT2D eigenvalue weighted by Gasteiger charge is 2.40. The van der Waals surface area contributed by atoms with Crippen molar-refractivity contribution in [1.29, 1.82) is 0 Å². The molecular weight excluding hydrogens is 437 g/mol. The molecule has 1 saturated heterocycles. The van der Waals surface area contributed by atoms with Crippen molar-refractivity contribution < 1.29 is 13.9 Å². The van der Waals surface area contributed by atoms with Crippen LogP contribution in [0.3, 0.4) is 0 Å². The van der Waals surface area contributed by atoms with Gasteiger partial charge in [0.05, 0.1) is 12.6 Å². The third kappa shape index (κ3) is 3.73. The number of nitrogens with zero attached hydrogens (tertiary/aromatic N) is 7. The molecule has 34 heavy (non-hydrogen) atoms. The van der Waals surface area contributed by atoms with Gasteiger partial charge in [0.15, 0.2) is 5.82 Å². The van der Waals surface area contributed by atoms with Crippen LogP contribution in [0.15, 0.2) is 48.9 Å². The van der Waals surface area contributed by atoms with Crippen LogP contribution in [0.2, 0.25) is 0 Å². The Hall–Kier alpha value is -3.66. The molecule has 0 spiro atoms.